The van der Waals surface area contributed by atoms with Crippen molar-refractivity contribution in [1.29, 1.82) is 0 Å². The van der Waals surface area contributed by atoms with Crippen LogP contribution in [0.1, 0.15) is 85.0 Å². The van der Waals surface area contributed by atoms with Crippen LogP contribution in [0.5, 0.6) is 0 Å². The zero-order valence-corrected chi connectivity index (χ0v) is 14.8. The van der Waals surface area contributed by atoms with Crippen LogP contribution in [-0.2, 0) is 4.79 Å². The average molecular weight is 309 g/mol. The van der Waals surface area contributed by atoms with E-state index >= 15 is 0 Å². The van der Waals surface area contributed by atoms with Crippen LogP contribution >= 0.6 is 0 Å². The summed E-state index contributed by atoms with van der Waals surface area (Å²) >= 11 is 0. The summed E-state index contributed by atoms with van der Waals surface area (Å²) in [5, 5.41) is 8.89. The van der Waals surface area contributed by atoms with Crippen molar-refractivity contribution in [2.75, 3.05) is 6.54 Å². The van der Waals surface area contributed by atoms with Crippen molar-refractivity contribution in [2.24, 2.45) is 0 Å². The fourth-order valence-electron chi connectivity index (χ4n) is 2.70. The molecule has 1 aliphatic heterocycles. The summed E-state index contributed by atoms with van der Waals surface area (Å²) in [5.74, 6) is -1.08. The normalized spacial score (nSPS) is 16.1. The highest BCUT2D eigenvalue weighted by molar-refractivity contribution is 5.60. The number of quaternary nitrogens is 1. The van der Waals surface area contributed by atoms with Gasteiger partial charge in [0.2, 0.25) is 0 Å². The van der Waals surface area contributed by atoms with Crippen LogP contribution in [0.25, 0.3) is 0 Å². The molecule has 3 nitrogen and oxygen atoms in total. The van der Waals surface area contributed by atoms with Gasteiger partial charge in [0.25, 0.3) is 0 Å². The summed E-state index contributed by atoms with van der Waals surface area (Å²) in [5.41, 5.74) is 1.60. The standard InChI is InChI=1S/C17H31N.C2H4O2/c1-3-5-6-7-8-9-10-11-15-18-16-12-14-17(18)13-4-2;1-2(3)4/h12,14,16H,3-11,13,15H2,1-2H3;1H3,(H,3,4). The number of carboxylic acid groups (broad SMARTS) is 1. The summed E-state index contributed by atoms with van der Waals surface area (Å²) in [6.07, 6.45) is 20.8. The number of carbonyl (C=O) groups excluding carboxylic acids is 1. The highest BCUT2D eigenvalue weighted by atomic mass is 16.4. The van der Waals surface area contributed by atoms with E-state index in [-0.39, 0.29) is 0 Å². The predicted molar refractivity (Wildman–Crippen MR) is 91.3 cm³/mol. The summed E-state index contributed by atoms with van der Waals surface area (Å²) < 4.78 is 0. The molecule has 0 spiro atoms. The van der Waals surface area contributed by atoms with Gasteiger partial charge in [-0.2, -0.15) is 0 Å². The van der Waals surface area contributed by atoms with Crippen molar-refractivity contribution in [3.8, 4) is 0 Å². The fourth-order valence-corrected chi connectivity index (χ4v) is 2.70. The Morgan fingerprint density at radius 2 is 1.55 bits per heavy atom. The van der Waals surface area contributed by atoms with Crippen molar-refractivity contribution in [3.05, 3.63) is 24.0 Å². The first-order valence-electron chi connectivity index (χ1n) is 9.02. The molecule has 1 atom stereocenters. The Morgan fingerprint density at radius 3 is 2.09 bits per heavy atom. The summed E-state index contributed by atoms with van der Waals surface area (Å²) in [6, 6.07) is 0. The molecule has 128 valence electrons. The maximum absolute atomic E-state index is 8.89. The molecule has 0 bridgehead atoms. The van der Waals surface area contributed by atoms with Crippen LogP contribution in [0.2, 0.25) is 0 Å². The van der Waals surface area contributed by atoms with Crippen molar-refractivity contribution in [1.82, 2.24) is 0 Å². The van der Waals surface area contributed by atoms with Gasteiger partial charge in [0, 0.05) is 18.5 Å². The van der Waals surface area contributed by atoms with Crippen LogP contribution in [0.4, 0.5) is 0 Å². The van der Waals surface area contributed by atoms with E-state index in [0.717, 1.165) is 6.92 Å². The van der Waals surface area contributed by atoms with Gasteiger partial charge in [-0.05, 0) is 32.3 Å². The first-order chi connectivity index (χ1) is 10.6. The van der Waals surface area contributed by atoms with E-state index in [1.807, 2.05) is 0 Å². The van der Waals surface area contributed by atoms with E-state index in [1.54, 1.807) is 10.6 Å². The van der Waals surface area contributed by atoms with Crippen LogP contribution < -0.4 is 10.0 Å². The van der Waals surface area contributed by atoms with E-state index in [0.29, 0.717) is 0 Å². The molecule has 0 aliphatic carbocycles. The molecule has 0 saturated carbocycles. The van der Waals surface area contributed by atoms with E-state index in [2.05, 4.69) is 32.2 Å². The molecule has 1 N–H and O–H groups in total. The molecule has 1 aliphatic rings. The Kier molecular flexibility index (Phi) is 14.1. The van der Waals surface area contributed by atoms with E-state index in [4.69, 9.17) is 9.90 Å². The molecular formula is C19H35NO2. The molecule has 0 aromatic rings. The smallest absolute Gasteiger partial charge is 0.112 e. The molecule has 1 unspecified atom stereocenters. The zero-order chi connectivity index (χ0) is 16.6. The van der Waals surface area contributed by atoms with Gasteiger partial charge in [0.1, 0.15) is 5.70 Å². The van der Waals surface area contributed by atoms with Crippen molar-refractivity contribution in [3.63, 3.8) is 0 Å². The lowest BCUT2D eigenvalue weighted by molar-refractivity contribution is -0.804. The maximum Gasteiger partial charge on any atom is 0.112 e. The van der Waals surface area contributed by atoms with E-state index in [1.165, 1.54) is 70.8 Å². The number of hydrogen-bond donors (Lipinski definition) is 1. The van der Waals surface area contributed by atoms with E-state index < -0.39 is 5.97 Å². The van der Waals surface area contributed by atoms with E-state index in [9.17, 15) is 0 Å². The molecular weight excluding hydrogens is 274 g/mol. The lowest BCUT2D eigenvalue weighted by Gasteiger charge is -2.13. The van der Waals surface area contributed by atoms with Crippen LogP contribution in [0.15, 0.2) is 24.0 Å². The third-order valence-electron chi connectivity index (χ3n) is 3.83. The molecule has 1 rings (SSSR count). The molecule has 1 heterocycles. The number of aliphatic carboxylic acids is 1. The number of rotatable bonds is 11. The Morgan fingerprint density at radius 1 is 1.00 bits per heavy atom. The van der Waals surface area contributed by atoms with Crippen LogP contribution in [0, 0.1) is 0 Å². The number of carboxylic acids is 1. The largest absolute Gasteiger partial charge is 0.550 e. The summed E-state index contributed by atoms with van der Waals surface area (Å²) in [7, 11) is 0. The van der Waals surface area contributed by atoms with Gasteiger partial charge < -0.3 is 9.90 Å². The average Bonchev–Trinajstić information content (AvgIpc) is 2.89. The Hall–Kier alpha value is -1.09. The number of allylic oxidation sites excluding steroid dienone is 3. The SMILES string of the molecule is CC(=O)[O-].CCCCCCCCCC[NH+]1C=CC=C1CCC. The van der Waals surface area contributed by atoms with Gasteiger partial charge in [0.15, 0.2) is 0 Å². The molecule has 0 radical (unpaired) electrons. The molecule has 0 amide bonds. The first kappa shape index (κ1) is 20.9. The fraction of sp³-hybridized carbons (Fsp3) is 0.737. The van der Waals surface area contributed by atoms with Crippen molar-refractivity contribution in [2.45, 2.75) is 85.0 Å². The van der Waals surface area contributed by atoms with Gasteiger partial charge in [-0.3, -0.25) is 4.90 Å². The lowest BCUT2D eigenvalue weighted by Crippen LogP contribution is -3.04. The monoisotopic (exact) mass is 309 g/mol. The maximum atomic E-state index is 8.89. The van der Waals surface area contributed by atoms with Crippen molar-refractivity contribution >= 4 is 5.97 Å². The van der Waals surface area contributed by atoms with Crippen LogP contribution in [0.3, 0.4) is 0 Å². The second kappa shape index (κ2) is 14.8. The minimum atomic E-state index is -1.08. The first-order valence-corrected chi connectivity index (χ1v) is 9.02. The summed E-state index contributed by atoms with van der Waals surface area (Å²) in [6.45, 7) is 6.83. The number of carbonyl (C=O) groups is 1. The zero-order valence-electron chi connectivity index (χ0n) is 14.8. The molecule has 3 heteroatoms. The Labute approximate surface area is 137 Å². The van der Waals surface area contributed by atoms with Crippen LogP contribution in [-0.4, -0.2) is 12.5 Å². The molecule has 22 heavy (non-hydrogen) atoms. The third-order valence-corrected chi connectivity index (χ3v) is 3.83. The quantitative estimate of drug-likeness (QED) is 0.596. The predicted octanol–water partition coefficient (Wildman–Crippen LogP) is 2.98. The Bertz CT molecular complexity index is 330. The minimum absolute atomic E-state index is 0.972. The Balaban J connectivity index is 0.000000980. The van der Waals surface area contributed by atoms with Crippen molar-refractivity contribution < 1.29 is 14.8 Å². The number of unbranched alkanes of at least 4 members (excludes halogenated alkanes) is 7. The molecule has 0 saturated heterocycles. The van der Waals surface area contributed by atoms with Gasteiger partial charge >= 0.3 is 0 Å². The highest BCUT2D eigenvalue weighted by Gasteiger charge is 2.14. The van der Waals surface area contributed by atoms with Gasteiger partial charge in [-0.15, -0.1) is 0 Å². The number of nitrogens with one attached hydrogen (secondary N) is 1. The van der Waals surface area contributed by atoms with Gasteiger partial charge in [-0.25, -0.2) is 0 Å². The second-order valence-electron chi connectivity index (χ2n) is 6.04. The molecule has 0 fully saturated rings. The number of hydrogen-bond acceptors (Lipinski definition) is 2. The van der Waals surface area contributed by atoms with Gasteiger partial charge in [-0.1, -0.05) is 52.4 Å². The third kappa shape index (κ3) is 12.6. The second-order valence-corrected chi connectivity index (χ2v) is 6.04. The topological polar surface area (TPSA) is 44.6 Å². The summed E-state index contributed by atoms with van der Waals surface area (Å²) in [4.78, 5) is 10.5. The minimum Gasteiger partial charge on any atom is -0.550 e. The lowest BCUT2D eigenvalue weighted by atomic mass is 10.1. The highest BCUT2D eigenvalue weighted by Crippen LogP contribution is 2.08. The molecule has 0 aromatic carbocycles. The van der Waals surface area contributed by atoms with Gasteiger partial charge in [0.05, 0.1) is 12.7 Å². The molecule has 0 aromatic heterocycles.